The largest absolute Gasteiger partial charge is 0.385 e. The van der Waals surface area contributed by atoms with Crippen LogP contribution in [0.5, 0.6) is 0 Å². The summed E-state index contributed by atoms with van der Waals surface area (Å²) >= 11 is 0. The molecule has 0 amide bonds. The summed E-state index contributed by atoms with van der Waals surface area (Å²) in [7, 11) is 3.51. The van der Waals surface area contributed by atoms with Crippen molar-refractivity contribution in [1.82, 2.24) is 5.32 Å². The molecular formula is C12H25NO3. The average molecular weight is 231 g/mol. The SMILES string of the molecule is COCCCOCCNC1CCC(OC)C1. The molecule has 0 bridgehead atoms. The van der Waals surface area contributed by atoms with Gasteiger partial charge in [-0.15, -0.1) is 0 Å². The molecule has 1 N–H and O–H groups in total. The first-order valence-corrected chi connectivity index (χ1v) is 6.19. The molecule has 96 valence electrons. The van der Waals surface area contributed by atoms with Crippen LogP contribution in [0.2, 0.25) is 0 Å². The molecule has 0 aromatic heterocycles. The molecule has 0 aliphatic heterocycles. The summed E-state index contributed by atoms with van der Waals surface area (Å²) in [4.78, 5) is 0. The molecule has 0 heterocycles. The average Bonchev–Trinajstić information content (AvgIpc) is 2.76. The Labute approximate surface area is 98.6 Å². The van der Waals surface area contributed by atoms with Crippen LogP contribution in [0.25, 0.3) is 0 Å². The second kappa shape index (κ2) is 8.93. The highest BCUT2D eigenvalue weighted by molar-refractivity contribution is 4.80. The van der Waals surface area contributed by atoms with E-state index >= 15 is 0 Å². The van der Waals surface area contributed by atoms with Crippen molar-refractivity contribution in [3.8, 4) is 0 Å². The molecule has 1 aliphatic carbocycles. The van der Waals surface area contributed by atoms with Gasteiger partial charge in [0.05, 0.1) is 12.7 Å². The number of hydrogen-bond donors (Lipinski definition) is 1. The van der Waals surface area contributed by atoms with Gasteiger partial charge in [0.2, 0.25) is 0 Å². The maximum absolute atomic E-state index is 5.47. The second-order valence-corrected chi connectivity index (χ2v) is 4.28. The summed E-state index contributed by atoms with van der Waals surface area (Å²) in [5.74, 6) is 0. The molecule has 0 spiro atoms. The molecule has 0 aromatic carbocycles. The third-order valence-electron chi connectivity index (χ3n) is 3.03. The highest BCUT2D eigenvalue weighted by atomic mass is 16.5. The minimum absolute atomic E-state index is 0.458. The van der Waals surface area contributed by atoms with Crippen LogP contribution in [0.15, 0.2) is 0 Å². The fourth-order valence-electron chi connectivity index (χ4n) is 2.08. The second-order valence-electron chi connectivity index (χ2n) is 4.28. The minimum atomic E-state index is 0.458. The van der Waals surface area contributed by atoms with Gasteiger partial charge in [-0.05, 0) is 25.7 Å². The number of ether oxygens (including phenoxy) is 3. The molecule has 16 heavy (non-hydrogen) atoms. The lowest BCUT2D eigenvalue weighted by Gasteiger charge is -2.12. The molecule has 4 nitrogen and oxygen atoms in total. The molecule has 4 heteroatoms. The first-order valence-electron chi connectivity index (χ1n) is 6.19. The molecule has 1 fully saturated rings. The summed E-state index contributed by atoms with van der Waals surface area (Å²) in [6.07, 6.45) is 4.98. The summed E-state index contributed by atoms with van der Waals surface area (Å²) in [5.41, 5.74) is 0. The van der Waals surface area contributed by atoms with Crippen LogP contribution in [-0.4, -0.2) is 52.7 Å². The number of methoxy groups -OCH3 is 2. The normalized spacial score (nSPS) is 25.1. The Morgan fingerprint density at radius 1 is 1.12 bits per heavy atom. The van der Waals surface area contributed by atoms with Crippen molar-refractivity contribution < 1.29 is 14.2 Å². The van der Waals surface area contributed by atoms with E-state index in [1.165, 1.54) is 12.8 Å². The van der Waals surface area contributed by atoms with Crippen LogP contribution < -0.4 is 5.32 Å². The monoisotopic (exact) mass is 231 g/mol. The van der Waals surface area contributed by atoms with Gasteiger partial charge in [-0.2, -0.15) is 0 Å². The van der Waals surface area contributed by atoms with Gasteiger partial charge in [-0.1, -0.05) is 0 Å². The predicted molar refractivity (Wildman–Crippen MR) is 63.8 cm³/mol. The summed E-state index contributed by atoms with van der Waals surface area (Å²) in [5, 5.41) is 3.50. The zero-order valence-electron chi connectivity index (χ0n) is 10.5. The van der Waals surface area contributed by atoms with Gasteiger partial charge < -0.3 is 19.5 Å². The van der Waals surface area contributed by atoms with E-state index in [-0.39, 0.29) is 0 Å². The van der Waals surface area contributed by atoms with Gasteiger partial charge in [0, 0.05) is 40.0 Å². The van der Waals surface area contributed by atoms with Crippen LogP contribution in [0.4, 0.5) is 0 Å². The van der Waals surface area contributed by atoms with Gasteiger partial charge in [0.25, 0.3) is 0 Å². The fraction of sp³-hybridized carbons (Fsp3) is 1.00. The maximum atomic E-state index is 5.47. The molecular weight excluding hydrogens is 206 g/mol. The van der Waals surface area contributed by atoms with Gasteiger partial charge >= 0.3 is 0 Å². The van der Waals surface area contributed by atoms with Crippen molar-refractivity contribution in [2.45, 2.75) is 37.8 Å². The van der Waals surface area contributed by atoms with Crippen molar-refractivity contribution in [2.24, 2.45) is 0 Å². The zero-order valence-corrected chi connectivity index (χ0v) is 10.5. The quantitative estimate of drug-likeness (QED) is 0.605. The molecule has 0 aromatic rings. The number of hydrogen-bond acceptors (Lipinski definition) is 4. The van der Waals surface area contributed by atoms with E-state index in [1.807, 2.05) is 0 Å². The van der Waals surface area contributed by atoms with E-state index in [0.29, 0.717) is 12.1 Å². The Morgan fingerprint density at radius 2 is 2.00 bits per heavy atom. The van der Waals surface area contributed by atoms with Crippen LogP contribution >= 0.6 is 0 Å². The number of rotatable bonds is 9. The van der Waals surface area contributed by atoms with E-state index in [9.17, 15) is 0 Å². The summed E-state index contributed by atoms with van der Waals surface area (Å²) in [6, 6.07) is 0.618. The van der Waals surface area contributed by atoms with E-state index in [1.54, 1.807) is 14.2 Å². The first-order chi connectivity index (χ1) is 7.86. The standard InChI is InChI=1S/C12H25NO3/c1-14-7-3-8-16-9-6-13-11-4-5-12(10-11)15-2/h11-13H,3-10H2,1-2H3. The lowest BCUT2D eigenvalue weighted by molar-refractivity contribution is 0.0987. The van der Waals surface area contributed by atoms with Crippen molar-refractivity contribution >= 4 is 0 Å². The van der Waals surface area contributed by atoms with Crippen molar-refractivity contribution in [3.63, 3.8) is 0 Å². The lowest BCUT2D eigenvalue weighted by atomic mass is 10.2. The third-order valence-corrected chi connectivity index (χ3v) is 3.03. The van der Waals surface area contributed by atoms with Gasteiger partial charge in [0.1, 0.15) is 0 Å². The molecule has 1 aliphatic rings. The Bertz CT molecular complexity index is 166. The molecule has 0 radical (unpaired) electrons. The van der Waals surface area contributed by atoms with E-state index < -0.39 is 0 Å². The van der Waals surface area contributed by atoms with Crippen LogP contribution in [-0.2, 0) is 14.2 Å². The Morgan fingerprint density at radius 3 is 2.69 bits per heavy atom. The molecule has 2 atom stereocenters. The topological polar surface area (TPSA) is 39.7 Å². The molecule has 1 rings (SSSR count). The van der Waals surface area contributed by atoms with Crippen molar-refractivity contribution in [1.29, 1.82) is 0 Å². The lowest BCUT2D eigenvalue weighted by Crippen LogP contribution is -2.30. The number of nitrogens with one attached hydrogen (secondary N) is 1. The van der Waals surface area contributed by atoms with Crippen LogP contribution in [0.3, 0.4) is 0 Å². The zero-order chi connectivity index (χ0) is 11.6. The summed E-state index contributed by atoms with van der Waals surface area (Å²) < 4.78 is 15.7. The first kappa shape index (κ1) is 13.9. The van der Waals surface area contributed by atoms with Gasteiger partial charge in [0.15, 0.2) is 0 Å². The highest BCUT2D eigenvalue weighted by Gasteiger charge is 2.23. The molecule has 2 unspecified atom stereocenters. The minimum Gasteiger partial charge on any atom is -0.385 e. The highest BCUT2D eigenvalue weighted by Crippen LogP contribution is 2.20. The Hall–Kier alpha value is -0.160. The Balaban J connectivity index is 1.84. The molecule has 0 saturated heterocycles. The molecule has 1 saturated carbocycles. The summed E-state index contributed by atoms with van der Waals surface area (Å²) in [6.45, 7) is 3.30. The van der Waals surface area contributed by atoms with Crippen molar-refractivity contribution in [2.75, 3.05) is 40.6 Å². The predicted octanol–water partition coefficient (Wildman–Crippen LogP) is 1.20. The van der Waals surface area contributed by atoms with E-state index in [4.69, 9.17) is 14.2 Å². The smallest absolute Gasteiger partial charge is 0.0591 e. The van der Waals surface area contributed by atoms with Gasteiger partial charge in [-0.3, -0.25) is 0 Å². The van der Waals surface area contributed by atoms with E-state index in [2.05, 4.69) is 5.32 Å². The third kappa shape index (κ3) is 5.80. The van der Waals surface area contributed by atoms with E-state index in [0.717, 1.165) is 39.2 Å². The fourth-order valence-corrected chi connectivity index (χ4v) is 2.08. The Kier molecular flexibility index (Phi) is 7.76. The van der Waals surface area contributed by atoms with Crippen LogP contribution in [0, 0.1) is 0 Å². The maximum Gasteiger partial charge on any atom is 0.0591 e. The van der Waals surface area contributed by atoms with Crippen LogP contribution in [0.1, 0.15) is 25.7 Å². The van der Waals surface area contributed by atoms with Gasteiger partial charge in [-0.25, -0.2) is 0 Å². The van der Waals surface area contributed by atoms with Crippen molar-refractivity contribution in [3.05, 3.63) is 0 Å².